The zero-order valence-electron chi connectivity index (χ0n) is 15.1. The summed E-state index contributed by atoms with van der Waals surface area (Å²) in [5, 5.41) is 2.77. The number of amides is 1. The lowest BCUT2D eigenvalue weighted by molar-refractivity contribution is 0.102. The van der Waals surface area contributed by atoms with Gasteiger partial charge in [-0.1, -0.05) is 0 Å². The fourth-order valence-electron chi connectivity index (χ4n) is 2.48. The van der Waals surface area contributed by atoms with Crippen LogP contribution in [-0.4, -0.2) is 41.3 Å². The number of ether oxygens (including phenoxy) is 2. The molecule has 0 bridgehead atoms. The van der Waals surface area contributed by atoms with Crippen molar-refractivity contribution < 1.29 is 22.7 Å². The fraction of sp³-hybridized carbons (Fsp3) is 0.278. The van der Waals surface area contributed by atoms with Crippen LogP contribution in [0.4, 0.5) is 11.4 Å². The van der Waals surface area contributed by atoms with Crippen LogP contribution >= 0.6 is 0 Å². The summed E-state index contributed by atoms with van der Waals surface area (Å²) in [6.07, 6.45) is 1.15. The van der Waals surface area contributed by atoms with E-state index in [0.29, 0.717) is 35.0 Å². The lowest BCUT2D eigenvalue weighted by atomic mass is 10.2. The molecule has 0 saturated carbocycles. The molecule has 8 heteroatoms. The van der Waals surface area contributed by atoms with E-state index in [2.05, 4.69) is 5.32 Å². The van der Waals surface area contributed by atoms with Gasteiger partial charge in [0.25, 0.3) is 5.91 Å². The van der Waals surface area contributed by atoms with Gasteiger partial charge in [0, 0.05) is 18.2 Å². The minimum absolute atomic E-state index is 0.313. The van der Waals surface area contributed by atoms with Crippen molar-refractivity contribution in [2.24, 2.45) is 0 Å². The quantitative estimate of drug-likeness (QED) is 0.801. The first kappa shape index (κ1) is 19.6. The number of rotatable bonds is 7. The molecule has 0 aromatic heterocycles. The van der Waals surface area contributed by atoms with E-state index in [1.165, 1.54) is 11.4 Å². The van der Waals surface area contributed by atoms with Gasteiger partial charge in [-0.05, 0) is 43.3 Å². The number of anilines is 2. The molecule has 0 radical (unpaired) electrons. The van der Waals surface area contributed by atoms with Crippen LogP contribution in [0.1, 0.15) is 17.3 Å². The first-order valence-electron chi connectivity index (χ1n) is 7.91. The largest absolute Gasteiger partial charge is 0.497 e. The molecule has 0 atom stereocenters. The second kappa shape index (κ2) is 8.09. The number of hydrogen-bond donors (Lipinski definition) is 1. The van der Waals surface area contributed by atoms with Crippen LogP contribution in [0.5, 0.6) is 11.5 Å². The van der Waals surface area contributed by atoms with Gasteiger partial charge in [-0.25, -0.2) is 8.42 Å². The topological polar surface area (TPSA) is 84.9 Å². The van der Waals surface area contributed by atoms with Crippen LogP contribution in [0.2, 0.25) is 0 Å². The van der Waals surface area contributed by atoms with E-state index in [0.717, 1.165) is 6.26 Å². The summed E-state index contributed by atoms with van der Waals surface area (Å²) < 4.78 is 35.2. The minimum atomic E-state index is -3.36. The van der Waals surface area contributed by atoms with E-state index in [-0.39, 0.29) is 5.91 Å². The molecule has 0 aliphatic carbocycles. The summed E-state index contributed by atoms with van der Waals surface area (Å²) in [5.74, 6) is 0.760. The molecule has 0 aliphatic heterocycles. The van der Waals surface area contributed by atoms with Crippen molar-refractivity contribution in [2.75, 3.05) is 36.6 Å². The molecule has 140 valence electrons. The Morgan fingerprint density at radius 2 is 1.73 bits per heavy atom. The smallest absolute Gasteiger partial charge is 0.255 e. The highest BCUT2D eigenvalue weighted by Gasteiger charge is 2.16. The molecule has 2 rings (SSSR count). The van der Waals surface area contributed by atoms with Crippen LogP contribution in [0.15, 0.2) is 42.5 Å². The molecule has 2 aromatic carbocycles. The van der Waals surface area contributed by atoms with Gasteiger partial charge in [0.1, 0.15) is 11.5 Å². The number of sulfonamides is 1. The van der Waals surface area contributed by atoms with Crippen LogP contribution in [0, 0.1) is 0 Å². The number of benzene rings is 2. The van der Waals surface area contributed by atoms with Gasteiger partial charge in [0.05, 0.1) is 31.9 Å². The fourth-order valence-corrected chi connectivity index (χ4v) is 3.46. The number of hydrogen-bond acceptors (Lipinski definition) is 5. The minimum Gasteiger partial charge on any atom is -0.497 e. The van der Waals surface area contributed by atoms with E-state index in [4.69, 9.17) is 9.47 Å². The first-order chi connectivity index (χ1) is 12.3. The van der Waals surface area contributed by atoms with Gasteiger partial charge < -0.3 is 14.8 Å². The van der Waals surface area contributed by atoms with Crippen molar-refractivity contribution in [1.82, 2.24) is 0 Å². The molecule has 2 aromatic rings. The highest BCUT2D eigenvalue weighted by atomic mass is 32.2. The highest BCUT2D eigenvalue weighted by molar-refractivity contribution is 7.92. The van der Waals surface area contributed by atoms with Gasteiger partial charge in [-0.2, -0.15) is 0 Å². The maximum atomic E-state index is 12.5. The lowest BCUT2D eigenvalue weighted by Gasteiger charge is -2.20. The number of methoxy groups -OCH3 is 2. The summed E-state index contributed by atoms with van der Waals surface area (Å²) in [6, 6.07) is 11.4. The van der Waals surface area contributed by atoms with E-state index in [1.807, 2.05) is 0 Å². The molecule has 0 fully saturated rings. The lowest BCUT2D eigenvalue weighted by Crippen LogP contribution is -2.29. The summed E-state index contributed by atoms with van der Waals surface area (Å²) >= 11 is 0. The Morgan fingerprint density at radius 3 is 2.23 bits per heavy atom. The van der Waals surface area contributed by atoms with E-state index >= 15 is 0 Å². The number of nitrogens with zero attached hydrogens (tertiary/aromatic N) is 1. The van der Waals surface area contributed by atoms with Crippen molar-refractivity contribution in [2.45, 2.75) is 6.92 Å². The molecule has 1 N–H and O–H groups in total. The van der Waals surface area contributed by atoms with Crippen molar-refractivity contribution in [3.63, 3.8) is 0 Å². The molecule has 0 spiro atoms. The predicted molar refractivity (Wildman–Crippen MR) is 102 cm³/mol. The molecular weight excluding hydrogens is 356 g/mol. The van der Waals surface area contributed by atoms with Crippen LogP contribution in [-0.2, 0) is 10.0 Å². The molecule has 0 saturated heterocycles. The third-order valence-corrected chi connectivity index (χ3v) is 5.03. The van der Waals surface area contributed by atoms with Crippen molar-refractivity contribution in [3.8, 4) is 11.5 Å². The Morgan fingerprint density at radius 1 is 1.08 bits per heavy atom. The van der Waals surface area contributed by atoms with Crippen LogP contribution in [0.25, 0.3) is 0 Å². The van der Waals surface area contributed by atoms with E-state index in [1.54, 1.807) is 56.5 Å². The van der Waals surface area contributed by atoms with Gasteiger partial charge in [0.2, 0.25) is 10.0 Å². The number of carbonyl (C=O) groups is 1. The summed E-state index contributed by atoms with van der Waals surface area (Å²) in [6.45, 7) is 2.06. The molecule has 26 heavy (non-hydrogen) atoms. The Balaban J connectivity index is 2.21. The Labute approximate surface area is 153 Å². The maximum absolute atomic E-state index is 12.5. The number of nitrogens with one attached hydrogen (secondary N) is 1. The molecule has 0 heterocycles. The second-order valence-corrected chi connectivity index (χ2v) is 7.40. The van der Waals surface area contributed by atoms with Crippen LogP contribution < -0.4 is 19.1 Å². The molecule has 7 nitrogen and oxygen atoms in total. The Hall–Kier alpha value is -2.74. The van der Waals surface area contributed by atoms with Crippen molar-refractivity contribution >= 4 is 27.3 Å². The molecule has 1 amide bonds. The van der Waals surface area contributed by atoms with Gasteiger partial charge in [-0.3, -0.25) is 9.10 Å². The van der Waals surface area contributed by atoms with Gasteiger partial charge in [0.15, 0.2) is 0 Å². The van der Waals surface area contributed by atoms with E-state index < -0.39 is 10.0 Å². The zero-order valence-corrected chi connectivity index (χ0v) is 16.0. The van der Waals surface area contributed by atoms with Gasteiger partial charge >= 0.3 is 0 Å². The standard InChI is InChI=1S/C18H22N2O5S/c1-5-20(26(4,22)23)14-8-6-13(7-9-14)18(21)19-16-11-10-15(24-2)12-17(16)25-3/h6-12H,5H2,1-4H3,(H,19,21). The van der Waals surface area contributed by atoms with Crippen molar-refractivity contribution in [1.29, 1.82) is 0 Å². The maximum Gasteiger partial charge on any atom is 0.255 e. The predicted octanol–water partition coefficient (Wildman–Crippen LogP) is 2.74. The number of carbonyl (C=O) groups excluding carboxylic acids is 1. The van der Waals surface area contributed by atoms with Crippen LogP contribution in [0.3, 0.4) is 0 Å². The Kier molecular flexibility index (Phi) is 6.10. The summed E-state index contributed by atoms with van der Waals surface area (Å²) in [7, 11) is -0.311. The first-order valence-corrected chi connectivity index (χ1v) is 9.76. The average Bonchev–Trinajstić information content (AvgIpc) is 2.62. The summed E-state index contributed by atoms with van der Waals surface area (Å²) in [5.41, 5.74) is 1.42. The van der Waals surface area contributed by atoms with Crippen molar-refractivity contribution in [3.05, 3.63) is 48.0 Å². The average molecular weight is 378 g/mol. The normalized spacial score (nSPS) is 10.9. The highest BCUT2D eigenvalue weighted by Crippen LogP contribution is 2.29. The SMILES string of the molecule is CCN(c1ccc(C(=O)Nc2ccc(OC)cc2OC)cc1)S(C)(=O)=O. The third kappa shape index (κ3) is 4.45. The summed E-state index contributed by atoms with van der Waals surface area (Å²) in [4.78, 5) is 12.5. The molecule has 0 aliphatic rings. The van der Waals surface area contributed by atoms with E-state index in [9.17, 15) is 13.2 Å². The molecule has 0 unspecified atom stereocenters. The zero-order chi connectivity index (χ0) is 19.3. The Bertz CT molecular complexity index is 879. The second-order valence-electron chi connectivity index (χ2n) is 5.49. The third-order valence-electron chi connectivity index (χ3n) is 3.76. The monoisotopic (exact) mass is 378 g/mol. The molecular formula is C18H22N2O5S. The van der Waals surface area contributed by atoms with Gasteiger partial charge in [-0.15, -0.1) is 0 Å².